The Morgan fingerprint density at radius 2 is 2.35 bits per heavy atom. The summed E-state index contributed by atoms with van der Waals surface area (Å²) in [5, 5.41) is 18.9. The maximum atomic E-state index is 11.6. The number of aliphatic hydroxyl groups is 1. The maximum absolute atomic E-state index is 11.6. The molecule has 92 valence electrons. The van der Waals surface area contributed by atoms with Crippen LogP contribution >= 0.6 is 0 Å². The molecule has 1 amide bonds. The Morgan fingerprint density at radius 1 is 1.53 bits per heavy atom. The van der Waals surface area contributed by atoms with Gasteiger partial charge in [0, 0.05) is 12.6 Å². The van der Waals surface area contributed by atoms with Gasteiger partial charge < -0.3 is 20.3 Å². The Bertz CT molecular complexity index is 429. The van der Waals surface area contributed by atoms with Crippen LogP contribution in [0.2, 0.25) is 0 Å². The lowest BCUT2D eigenvalue weighted by Crippen LogP contribution is -2.26. The van der Waals surface area contributed by atoms with E-state index in [0.717, 1.165) is 12.8 Å². The number of carbonyl (C=O) groups is 1. The van der Waals surface area contributed by atoms with Gasteiger partial charge in [0.05, 0.1) is 12.1 Å². The van der Waals surface area contributed by atoms with Crippen LogP contribution in [0.3, 0.4) is 0 Å². The predicted molar refractivity (Wildman–Crippen MR) is 56.2 cm³/mol. The van der Waals surface area contributed by atoms with E-state index in [1.807, 2.05) is 0 Å². The number of β-amino-alcohol motifs (C(OH)–C–C–N with tert-alkyl or cyclic N) is 1. The summed E-state index contributed by atoms with van der Waals surface area (Å²) in [6.45, 7) is 0.511. The van der Waals surface area contributed by atoms with Gasteiger partial charge in [-0.05, 0) is 19.3 Å². The number of hydrogen-bond donors (Lipinski definition) is 3. The molecule has 2 fully saturated rings. The zero-order valence-electron chi connectivity index (χ0n) is 9.22. The molecule has 3 N–H and O–H groups in total. The first kappa shape index (κ1) is 10.7. The molecule has 7 heteroatoms. The summed E-state index contributed by atoms with van der Waals surface area (Å²) in [5.41, 5.74) is 0. The van der Waals surface area contributed by atoms with Crippen molar-refractivity contribution in [3.63, 3.8) is 0 Å². The Morgan fingerprint density at radius 3 is 3.00 bits per heavy atom. The van der Waals surface area contributed by atoms with Crippen molar-refractivity contribution in [2.45, 2.75) is 37.5 Å². The minimum atomic E-state index is -0.393. The number of carbonyl (C=O) groups excluding carboxylic acids is 1. The van der Waals surface area contributed by atoms with E-state index in [9.17, 15) is 9.90 Å². The highest BCUT2D eigenvalue weighted by Gasteiger charge is 2.30. The molecular formula is C10H14N4O3. The smallest absolute Gasteiger partial charge is 0.292 e. The van der Waals surface area contributed by atoms with E-state index in [4.69, 9.17) is 4.52 Å². The molecule has 7 nitrogen and oxygen atoms in total. The molecular weight excluding hydrogens is 224 g/mol. The standard InChI is InChI=1S/C10H14N4O3/c15-6-3-7(11-4-6)10-13-8(14-17-10)9(16)12-5-1-2-5/h5-7,11,15H,1-4H2,(H,12,16). The van der Waals surface area contributed by atoms with E-state index >= 15 is 0 Å². The maximum Gasteiger partial charge on any atom is 0.292 e. The summed E-state index contributed by atoms with van der Waals surface area (Å²) in [4.78, 5) is 15.7. The van der Waals surface area contributed by atoms with Gasteiger partial charge >= 0.3 is 0 Å². The monoisotopic (exact) mass is 238 g/mol. The number of hydrogen-bond acceptors (Lipinski definition) is 6. The second kappa shape index (κ2) is 4.08. The average molecular weight is 238 g/mol. The van der Waals surface area contributed by atoms with Gasteiger partial charge in [-0.3, -0.25) is 4.79 Å². The van der Waals surface area contributed by atoms with Crippen molar-refractivity contribution < 1.29 is 14.4 Å². The van der Waals surface area contributed by atoms with Gasteiger partial charge in [-0.25, -0.2) is 0 Å². The molecule has 0 radical (unpaired) electrons. The van der Waals surface area contributed by atoms with Gasteiger partial charge in [-0.1, -0.05) is 5.16 Å². The van der Waals surface area contributed by atoms with Crippen LogP contribution in [0.15, 0.2) is 4.52 Å². The lowest BCUT2D eigenvalue weighted by molar-refractivity contribution is 0.0937. The molecule has 3 rings (SSSR count). The molecule has 1 aromatic rings. The summed E-state index contributed by atoms with van der Waals surface area (Å²) in [5.74, 6) is 0.138. The van der Waals surface area contributed by atoms with Gasteiger partial charge in [-0.15, -0.1) is 0 Å². The van der Waals surface area contributed by atoms with E-state index in [1.165, 1.54) is 0 Å². The Labute approximate surface area is 97.6 Å². The Hall–Kier alpha value is -1.47. The third-order valence-electron chi connectivity index (χ3n) is 2.96. The van der Waals surface area contributed by atoms with Crippen LogP contribution in [-0.2, 0) is 0 Å². The fourth-order valence-electron chi connectivity index (χ4n) is 1.85. The molecule has 17 heavy (non-hydrogen) atoms. The summed E-state index contributed by atoms with van der Waals surface area (Å²) >= 11 is 0. The van der Waals surface area contributed by atoms with Crippen molar-refractivity contribution >= 4 is 5.91 Å². The molecule has 2 heterocycles. The SMILES string of the molecule is O=C(NC1CC1)c1noc(C2CC(O)CN2)n1. The largest absolute Gasteiger partial charge is 0.392 e. The highest BCUT2D eigenvalue weighted by Crippen LogP contribution is 2.22. The van der Waals surface area contributed by atoms with E-state index in [1.54, 1.807) is 0 Å². The van der Waals surface area contributed by atoms with Crippen LogP contribution < -0.4 is 10.6 Å². The molecule has 0 bridgehead atoms. The van der Waals surface area contributed by atoms with Crippen molar-refractivity contribution in [1.29, 1.82) is 0 Å². The Kier molecular flexibility index (Phi) is 2.56. The lowest BCUT2D eigenvalue weighted by Gasteiger charge is -2.01. The van der Waals surface area contributed by atoms with Crippen LogP contribution in [0, 0.1) is 0 Å². The third-order valence-corrected chi connectivity index (χ3v) is 2.96. The number of aliphatic hydroxyl groups excluding tert-OH is 1. The average Bonchev–Trinajstić information content (AvgIpc) is 2.81. The van der Waals surface area contributed by atoms with Gasteiger partial charge in [0.1, 0.15) is 0 Å². The molecule has 1 saturated carbocycles. The number of amides is 1. The molecule has 0 spiro atoms. The van der Waals surface area contributed by atoms with E-state index < -0.39 is 6.10 Å². The summed E-state index contributed by atoms with van der Waals surface area (Å²) in [6.07, 6.45) is 2.18. The number of nitrogens with one attached hydrogen (secondary N) is 2. The van der Waals surface area contributed by atoms with Crippen molar-refractivity contribution in [3.8, 4) is 0 Å². The van der Waals surface area contributed by atoms with E-state index in [2.05, 4.69) is 20.8 Å². The van der Waals surface area contributed by atoms with Crippen LogP contribution in [0.4, 0.5) is 0 Å². The predicted octanol–water partition coefficient (Wildman–Crippen LogP) is -0.643. The fraction of sp³-hybridized carbons (Fsp3) is 0.700. The summed E-state index contributed by atoms with van der Waals surface area (Å²) in [7, 11) is 0. The zero-order valence-corrected chi connectivity index (χ0v) is 9.22. The van der Waals surface area contributed by atoms with Gasteiger partial charge in [0.2, 0.25) is 5.89 Å². The summed E-state index contributed by atoms with van der Waals surface area (Å²) < 4.78 is 5.02. The Balaban J connectivity index is 1.66. The minimum Gasteiger partial charge on any atom is -0.392 e. The second-order valence-corrected chi connectivity index (χ2v) is 4.55. The molecule has 2 atom stereocenters. The van der Waals surface area contributed by atoms with Crippen molar-refractivity contribution in [1.82, 2.24) is 20.8 Å². The quantitative estimate of drug-likeness (QED) is 0.647. The third kappa shape index (κ3) is 2.29. The van der Waals surface area contributed by atoms with Crippen LogP contribution in [0.1, 0.15) is 41.8 Å². The molecule has 1 aromatic heterocycles. The van der Waals surface area contributed by atoms with E-state index in [0.29, 0.717) is 18.9 Å². The first-order valence-electron chi connectivity index (χ1n) is 5.78. The van der Waals surface area contributed by atoms with Gasteiger partial charge in [0.15, 0.2) is 0 Å². The molecule has 2 unspecified atom stereocenters. The van der Waals surface area contributed by atoms with Crippen molar-refractivity contribution in [2.75, 3.05) is 6.54 Å². The highest BCUT2D eigenvalue weighted by molar-refractivity contribution is 5.90. The summed E-state index contributed by atoms with van der Waals surface area (Å²) in [6, 6.07) is 0.121. The second-order valence-electron chi connectivity index (χ2n) is 4.55. The van der Waals surface area contributed by atoms with Crippen LogP contribution in [0.5, 0.6) is 0 Å². The van der Waals surface area contributed by atoms with Crippen LogP contribution in [-0.4, -0.2) is 39.8 Å². The van der Waals surface area contributed by atoms with Crippen molar-refractivity contribution in [3.05, 3.63) is 11.7 Å². The molecule has 0 aromatic carbocycles. The molecule has 2 aliphatic rings. The number of nitrogens with zero attached hydrogens (tertiary/aromatic N) is 2. The number of rotatable bonds is 3. The highest BCUT2D eigenvalue weighted by atomic mass is 16.5. The lowest BCUT2D eigenvalue weighted by atomic mass is 10.2. The molecule has 1 aliphatic heterocycles. The van der Waals surface area contributed by atoms with Crippen molar-refractivity contribution in [2.24, 2.45) is 0 Å². The first-order chi connectivity index (χ1) is 8.22. The molecule has 1 aliphatic carbocycles. The van der Waals surface area contributed by atoms with Crippen LogP contribution in [0.25, 0.3) is 0 Å². The number of aromatic nitrogens is 2. The zero-order chi connectivity index (χ0) is 11.8. The first-order valence-corrected chi connectivity index (χ1v) is 5.78. The topological polar surface area (TPSA) is 100 Å². The normalized spacial score (nSPS) is 28.3. The fourth-order valence-corrected chi connectivity index (χ4v) is 1.85. The van der Waals surface area contributed by atoms with Gasteiger partial charge in [-0.2, -0.15) is 4.98 Å². The van der Waals surface area contributed by atoms with E-state index in [-0.39, 0.29) is 23.8 Å². The molecule has 1 saturated heterocycles. The minimum absolute atomic E-state index is 0.0649. The van der Waals surface area contributed by atoms with Gasteiger partial charge in [0.25, 0.3) is 11.7 Å².